The summed E-state index contributed by atoms with van der Waals surface area (Å²) in [5.74, 6) is -0.177. The summed E-state index contributed by atoms with van der Waals surface area (Å²) in [6.45, 7) is 7.24. The van der Waals surface area contributed by atoms with Crippen LogP contribution < -0.4 is 0 Å². The summed E-state index contributed by atoms with van der Waals surface area (Å²) in [6.07, 6.45) is 3.44. The Morgan fingerprint density at radius 1 is 1.44 bits per heavy atom. The molecular formula is C13H21NO4. The van der Waals surface area contributed by atoms with E-state index in [1.807, 2.05) is 4.90 Å². The maximum atomic E-state index is 11.3. The Bertz CT molecular complexity index is 314. The predicted octanol–water partition coefficient (Wildman–Crippen LogP) is 1.48. The Balaban J connectivity index is 1.91. The number of rotatable bonds is 8. The SMILES string of the molecule is C=C(C)C(=O)OCOCCCCN1CCCC1=O. The summed E-state index contributed by atoms with van der Waals surface area (Å²) in [5.41, 5.74) is 0.367. The number of unbranched alkanes of at least 4 members (excludes halogenated alkanes) is 1. The number of hydrogen-bond acceptors (Lipinski definition) is 4. The highest BCUT2D eigenvalue weighted by Gasteiger charge is 2.18. The van der Waals surface area contributed by atoms with Crippen LogP contribution in [0.15, 0.2) is 12.2 Å². The number of nitrogens with zero attached hydrogens (tertiary/aromatic N) is 1. The molecule has 0 aromatic rings. The number of likely N-dealkylation sites (tertiary alicyclic amines) is 1. The van der Waals surface area contributed by atoms with Crippen LogP contribution in [0.2, 0.25) is 0 Å². The van der Waals surface area contributed by atoms with Crippen LogP contribution in [0.1, 0.15) is 32.6 Å². The molecule has 0 radical (unpaired) electrons. The van der Waals surface area contributed by atoms with Crippen molar-refractivity contribution in [3.8, 4) is 0 Å². The summed E-state index contributed by atoms with van der Waals surface area (Å²) in [4.78, 5) is 24.2. The lowest BCUT2D eigenvalue weighted by molar-refractivity contribution is -0.151. The van der Waals surface area contributed by atoms with Crippen LogP contribution in [-0.2, 0) is 19.1 Å². The third-order valence-electron chi connectivity index (χ3n) is 2.76. The van der Waals surface area contributed by atoms with Crippen LogP contribution in [-0.4, -0.2) is 43.3 Å². The highest BCUT2D eigenvalue weighted by molar-refractivity contribution is 5.86. The van der Waals surface area contributed by atoms with Gasteiger partial charge in [0.25, 0.3) is 0 Å². The molecular weight excluding hydrogens is 234 g/mol. The molecule has 5 heteroatoms. The molecule has 1 amide bonds. The van der Waals surface area contributed by atoms with Crippen molar-refractivity contribution in [2.75, 3.05) is 26.5 Å². The normalized spacial score (nSPS) is 14.9. The van der Waals surface area contributed by atoms with Crippen molar-refractivity contribution in [3.05, 3.63) is 12.2 Å². The third kappa shape index (κ3) is 5.31. The van der Waals surface area contributed by atoms with Crippen molar-refractivity contribution >= 4 is 11.9 Å². The molecule has 0 saturated carbocycles. The second-order valence-electron chi connectivity index (χ2n) is 4.43. The van der Waals surface area contributed by atoms with Crippen molar-refractivity contribution in [2.24, 2.45) is 0 Å². The molecule has 1 rings (SSSR count). The van der Waals surface area contributed by atoms with Crippen LogP contribution in [0.5, 0.6) is 0 Å². The highest BCUT2D eigenvalue weighted by atomic mass is 16.7. The maximum absolute atomic E-state index is 11.3. The lowest BCUT2D eigenvalue weighted by Crippen LogP contribution is -2.25. The van der Waals surface area contributed by atoms with Crippen LogP contribution in [0.25, 0.3) is 0 Å². The van der Waals surface area contributed by atoms with E-state index in [-0.39, 0.29) is 12.7 Å². The third-order valence-corrected chi connectivity index (χ3v) is 2.76. The van der Waals surface area contributed by atoms with Crippen molar-refractivity contribution in [1.29, 1.82) is 0 Å². The van der Waals surface area contributed by atoms with Gasteiger partial charge in [-0.25, -0.2) is 4.79 Å². The number of carbonyl (C=O) groups excluding carboxylic acids is 2. The first-order valence-corrected chi connectivity index (χ1v) is 6.29. The zero-order chi connectivity index (χ0) is 13.4. The summed E-state index contributed by atoms with van der Waals surface area (Å²) < 4.78 is 9.93. The Morgan fingerprint density at radius 2 is 2.22 bits per heavy atom. The van der Waals surface area contributed by atoms with Gasteiger partial charge in [-0.15, -0.1) is 0 Å². The minimum Gasteiger partial charge on any atom is -0.435 e. The van der Waals surface area contributed by atoms with Crippen molar-refractivity contribution in [3.63, 3.8) is 0 Å². The Labute approximate surface area is 108 Å². The molecule has 1 aliphatic heterocycles. The molecule has 1 aliphatic rings. The van der Waals surface area contributed by atoms with E-state index in [9.17, 15) is 9.59 Å². The first-order chi connectivity index (χ1) is 8.61. The molecule has 0 atom stereocenters. The molecule has 0 spiro atoms. The molecule has 0 aliphatic carbocycles. The van der Waals surface area contributed by atoms with E-state index in [4.69, 9.17) is 9.47 Å². The number of amides is 1. The van der Waals surface area contributed by atoms with Gasteiger partial charge in [0.15, 0.2) is 6.79 Å². The largest absolute Gasteiger partial charge is 0.435 e. The van der Waals surface area contributed by atoms with Gasteiger partial charge < -0.3 is 14.4 Å². The Morgan fingerprint density at radius 3 is 2.83 bits per heavy atom. The van der Waals surface area contributed by atoms with Gasteiger partial charge in [0.05, 0.1) is 6.61 Å². The van der Waals surface area contributed by atoms with E-state index in [0.717, 1.165) is 32.4 Å². The maximum Gasteiger partial charge on any atom is 0.335 e. The number of hydrogen-bond donors (Lipinski definition) is 0. The van der Waals surface area contributed by atoms with Crippen molar-refractivity contribution in [1.82, 2.24) is 4.90 Å². The fourth-order valence-corrected chi connectivity index (χ4v) is 1.72. The van der Waals surface area contributed by atoms with E-state index >= 15 is 0 Å². The van der Waals surface area contributed by atoms with Crippen LogP contribution in [0.3, 0.4) is 0 Å². The minimum absolute atomic E-state index is 0.0334. The molecule has 5 nitrogen and oxygen atoms in total. The van der Waals surface area contributed by atoms with E-state index in [0.29, 0.717) is 18.6 Å². The molecule has 102 valence electrons. The molecule has 1 heterocycles. The van der Waals surface area contributed by atoms with Crippen LogP contribution in [0.4, 0.5) is 0 Å². The smallest absolute Gasteiger partial charge is 0.335 e. The molecule has 0 bridgehead atoms. The number of carbonyl (C=O) groups is 2. The molecule has 0 aromatic heterocycles. The summed E-state index contributed by atoms with van der Waals surface area (Å²) in [7, 11) is 0. The van der Waals surface area contributed by atoms with Gasteiger partial charge in [0, 0.05) is 25.1 Å². The van der Waals surface area contributed by atoms with Gasteiger partial charge in [-0.3, -0.25) is 4.79 Å². The average molecular weight is 255 g/mol. The Hall–Kier alpha value is -1.36. The molecule has 0 unspecified atom stereocenters. The quantitative estimate of drug-likeness (QED) is 0.285. The fraction of sp³-hybridized carbons (Fsp3) is 0.692. The average Bonchev–Trinajstić information content (AvgIpc) is 2.73. The number of ether oxygens (including phenoxy) is 2. The van der Waals surface area contributed by atoms with Gasteiger partial charge >= 0.3 is 5.97 Å². The van der Waals surface area contributed by atoms with Gasteiger partial charge in [-0.2, -0.15) is 0 Å². The summed E-state index contributed by atoms with van der Waals surface area (Å²) in [6, 6.07) is 0. The standard InChI is InChI=1S/C13H21NO4/c1-11(2)13(16)18-10-17-9-4-3-7-14-8-5-6-12(14)15/h1,3-10H2,2H3. The zero-order valence-corrected chi connectivity index (χ0v) is 10.9. The van der Waals surface area contributed by atoms with E-state index in [1.54, 1.807) is 6.92 Å². The van der Waals surface area contributed by atoms with E-state index < -0.39 is 5.97 Å². The van der Waals surface area contributed by atoms with E-state index in [2.05, 4.69) is 6.58 Å². The summed E-state index contributed by atoms with van der Waals surface area (Å²) in [5, 5.41) is 0. The summed E-state index contributed by atoms with van der Waals surface area (Å²) >= 11 is 0. The second kappa shape index (κ2) is 7.87. The topological polar surface area (TPSA) is 55.8 Å². The molecule has 1 saturated heterocycles. The highest BCUT2D eigenvalue weighted by Crippen LogP contribution is 2.10. The van der Waals surface area contributed by atoms with Crippen molar-refractivity contribution < 1.29 is 19.1 Å². The monoisotopic (exact) mass is 255 g/mol. The Kier molecular flexibility index (Phi) is 6.43. The van der Waals surface area contributed by atoms with Gasteiger partial charge in [0.2, 0.25) is 5.91 Å². The lowest BCUT2D eigenvalue weighted by Gasteiger charge is -2.14. The van der Waals surface area contributed by atoms with Gasteiger partial charge in [-0.1, -0.05) is 6.58 Å². The fourth-order valence-electron chi connectivity index (χ4n) is 1.72. The van der Waals surface area contributed by atoms with E-state index in [1.165, 1.54) is 0 Å². The molecule has 18 heavy (non-hydrogen) atoms. The van der Waals surface area contributed by atoms with Crippen molar-refractivity contribution in [2.45, 2.75) is 32.6 Å². The predicted molar refractivity (Wildman–Crippen MR) is 66.8 cm³/mol. The number of esters is 1. The van der Waals surface area contributed by atoms with Gasteiger partial charge in [-0.05, 0) is 26.2 Å². The van der Waals surface area contributed by atoms with Gasteiger partial charge in [0.1, 0.15) is 0 Å². The lowest BCUT2D eigenvalue weighted by atomic mass is 10.3. The molecule has 0 aromatic carbocycles. The van der Waals surface area contributed by atoms with Crippen LogP contribution >= 0.6 is 0 Å². The van der Waals surface area contributed by atoms with Crippen LogP contribution in [0, 0.1) is 0 Å². The second-order valence-corrected chi connectivity index (χ2v) is 4.43. The first-order valence-electron chi connectivity index (χ1n) is 6.29. The molecule has 1 fully saturated rings. The zero-order valence-electron chi connectivity index (χ0n) is 10.9. The molecule has 0 N–H and O–H groups in total. The first kappa shape index (κ1) is 14.7. The minimum atomic E-state index is -0.433.